The zero-order chi connectivity index (χ0) is 21.4. The molecular formula is C22H34N4O3. The maximum Gasteiger partial charge on any atom is 0.216 e. The van der Waals surface area contributed by atoms with Crippen molar-refractivity contribution in [1.82, 2.24) is 4.98 Å². The number of hydrazone groups is 1. The van der Waals surface area contributed by atoms with Gasteiger partial charge in [0.1, 0.15) is 12.4 Å². The molecule has 0 aliphatic heterocycles. The van der Waals surface area contributed by atoms with Gasteiger partial charge in [0.2, 0.25) is 11.8 Å². The van der Waals surface area contributed by atoms with Crippen molar-refractivity contribution in [2.45, 2.75) is 60.0 Å². The molecule has 2 rings (SSSR count). The summed E-state index contributed by atoms with van der Waals surface area (Å²) in [7, 11) is 0. The number of aryl methyl sites for hydroxylation is 2. The lowest BCUT2D eigenvalue weighted by Gasteiger charge is -2.25. The van der Waals surface area contributed by atoms with Crippen LogP contribution in [0.2, 0.25) is 0 Å². The SMILES string of the molecule is CCCN(CCC)c1cc(/C=N/Nc2cc(C)c(C)o2)nc(OCC(C)(C)O)c1. The number of aromatic nitrogens is 1. The number of pyridine rings is 1. The highest BCUT2D eigenvalue weighted by Crippen LogP contribution is 2.23. The highest BCUT2D eigenvalue weighted by atomic mass is 16.5. The number of rotatable bonds is 11. The second-order valence-electron chi connectivity index (χ2n) is 7.90. The van der Waals surface area contributed by atoms with Crippen LogP contribution in [0.1, 0.15) is 57.6 Å². The first-order valence-corrected chi connectivity index (χ1v) is 10.2. The maximum absolute atomic E-state index is 9.98. The van der Waals surface area contributed by atoms with Crippen molar-refractivity contribution in [1.29, 1.82) is 0 Å². The molecule has 0 aliphatic carbocycles. The molecule has 0 spiro atoms. The van der Waals surface area contributed by atoms with E-state index in [9.17, 15) is 5.11 Å². The fraction of sp³-hybridized carbons (Fsp3) is 0.545. The summed E-state index contributed by atoms with van der Waals surface area (Å²) in [6.45, 7) is 13.7. The summed E-state index contributed by atoms with van der Waals surface area (Å²) in [4.78, 5) is 6.82. The summed E-state index contributed by atoms with van der Waals surface area (Å²) < 4.78 is 11.3. The van der Waals surface area contributed by atoms with Gasteiger partial charge in [-0.25, -0.2) is 10.4 Å². The largest absolute Gasteiger partial charge is 0.475 e. The zero-order valence-electron chi connectivity index (χ0n) is 18.5. The molecule has 0 aromatic carbocycles. The minimum Gasteiger partial charge on any atom is -0.475 e. The molecule has 0 saturated heterocycles. The Morgan fingerprint density at radius 1 is 1.21 bits per heavy atom. The third-order valence-corrected chi connectivity index (χ3v) is 4.27. The van der Waals surface area contributed by atoms with E-state index in [2.05, 4.69) is 34.3 Å². The number of anilines is 2. The van der Waals surface area contributed by atoms with E-state index in [4.69, 9.17) is 9.15 Å². The molecule has 0 amide bonds. The van der Waals surface area contributed by atoms with Gasteiger partial charge >= 0.3 is 0 Å². The lowest BCUT2D eigenvalue weighted by Crippen LogP contribution is -2.28. The molecule has 0 unspecified atom stereocenters. The average Bonchev–Trinajstić information content (AvgIpc) is 2.97. The molecule has 0 bridgehead atoms. The molecule has 0 aliphatic rings. The number of aliphatic hydroxyl groups is 1. The van der Waals surface area contributed by atoms with Gasteiger partial charge < -0.3 is 19.2 Å². The van der Waals surface area contributed by atoms with Crippen molar-refractivity contribution in [3.05, 3.63) is 35.2 Å². The molecule has 29 heavy (non-hydrogen) atoms. The number of hydrogen-bond donors (Lipinski definition) is 2. The predicted molar refractivity (Wildman–Crippen MR) is 118 cm³/mol. The second kappa shape index (κ2) is 10.3. The molecule has 0 atom stereocenters. The van der Waals surface area contributed by atoms with Crippen LogP contribution in [0.4, 0.5) is 11.6 Å². The zero-order valence-corrected chi connectivity index (χ0v) is 18.5. The Labute approximate surface area is 173 Å². The Bertz CT molecular complexity index is 783. The van der Waals surface area contributed by atoms with Crippen molar-refractivity contribution in [2.24, 2.45) is 5.10 Å². The van der Waals surface area contributed by atoms with E-state index in [1.807, 2.05) is 32.0 Å². The predicted octanol–water partition coefficient (Wildman–Crippen LogP) is 4.51. The summed E-state index contributed by atoms with van der Waals surface area (Å²) in [5.41, 5.74) is 4.72. The minimum absolute atomic E-state index is 0.158. The monoisotopic (exact) mass is 402 g/mol. The van der Waals surface area contributed by atoms with Crippen LogP contribution in [0, 0.1) is 13.8 Å². The first kappa shape index (κ1) is 22.7. The molecule has 7 heteroatoms. The Kier molecular flexibility index (Phi) is 8.08. The standard InChI is InChI=1S/C22H34N4O3/c1-7-9-26(10-8-2)19-12-18(24-20(13-19)28-15-22(5,6)27)14-23-25-21-11-16(3)17(4)29-21/h11-14,25,27H,7-10,15H2,1-6H3/b23-14+. The average molecular weight is 403 g/mol. The molecule has 2 N–H and O–H groups in total. The van der Waals surface area contributed by atoms with Crippen molar-refractivity contribution < 1.29 is 14.3 Å². The van der Waals surface area contributed by atoms with Crippen LogP contribution in [0.15, 0.2) is 27.7 Å². The first-order chi connectivity index (χ1) is 13.7. The minimum atomic E-state index is -0.935. The quantitative estimate of drug-likeness (QED) is 0.425. The molecule has 2 aromatic heterocycles. The van der Waals surface area contributed by atoms with Crippen molar-refractivity contribution >= 4 is 17.8 Å². The number of hydrogen-bond acceptors (Lipinski definition) is 7. The summed E-state index contributed by atoms with van der Waals surface area (Å²) >= 11 is 0. The maximum atomic E-state index is 9.98. The molecule has 7 nitrogen and oxygen atoms in total. The Balaban J connectivity index is 2.25. The highest BCUT2D eigenvalue weighted by Gasteiger charge is 2.15. The smallest absolute Gasteiger partial charge is 0.216 e. The van der Waals surface area contributed by atoms with Crippen LogP contribution < -0.4 is 15.1 Å². The van der Waals surface area contributed by atoms with Crippen LogP contribution in [-0.2, 0) is 0 Å². The number of ether oxygens (including phenoxy) is 1. The molecular weight excluding hydrogens is 368 g/mol. The van der Waals surface area contributed by atoms with Gasteiger partial charge in [-0.05, 0) is 52.2 Å². The van der Waals surface area contributed by atoms with Gasteiger partial charge in [-0.2, -0.15) is 5.10 Å². The topological polar surface area (TPSA) is 83.1 Å². The van der Waals surface area contributed by atoms with Crippen molar-refractivity contribution in [3.8, 4) is 5.88 Å². The molecule has 2 heterocycles. The van der Waals surface area contributed by atoms with Gasteiger partial charge in [0.05, 0.1) is 17.5 Å². The van der Waals surface area contributed by atoms with Crippen molar-refractivity contribution in [3.63, 3.8) is 0 Å². The van der Waals surface area contributed by atoms with Crippen LogP contribution in [0.5, 0.6) is 5.88 Å². The molecule has 160 valence electrons. The van der Waals surface area contributed by atoms with Gasteiger partial charge in [-0.15, -0.1) is 0 Å². The Morgan fingerprint density at radius 2 is 1.90 bits per heavy atom. The first-order valence-electron chi connectivity index (χ1n) is 10.2. The van der Waals surface area contributed by atoms with Crippen molar-refractivity contribution in [2.75, 3.05) is 30.0 Å². The van der Waals surface area contributed by atoms with Gasteiger partial charge in [0.15, 0.2) is 0 Å². The van der Waals surface area contributed by atoms with Gasteiger partial charge in [-0.3, -0.25) is 0 Å². The molecule has 0 fully saturated rings. The van der Waals surface area contributed by atoms with E-state index in [1.54, 1.807) is 20.1 Å². The Morgan fingerprint density at radius 3 is 2.45 bits per heavy atom. The van der Waals surface area contributed by atoms with Crippen LogP contribution >= 0.6 is 0 Å². The molecule has 2 aromatic rings. The van der Waals surface area contributed by atoms with E-state index in [0.717, 1.165) is 42.9 Å². The van der Waals surface area contributed by atoms with E-state index >= 15 is 0 Å². The van der Waals surface area contributed by atoms with E-state index < -0.39 is 5.60 Å². The van der Waals surface area contributed by atoms with Gasteiger partial charge in [0, 0.05) is 30.9 Å². The summed E-state index contributed by atoms with van der Waals surface area (Å²) in [5.74, 6) is 1.91. The lowest BCUT2D eigenvalue weighted by atomic mass is 10.2. The summed E-state index contributed by atoms with van der Waals surface area (Å²) in [6, 6.07) is 5.81. The molecule has 0 radical (unpaired) electrons. The van der Waals surface area contributed by atoms with E-state index in [1.165, 1.54) is 0 Å². The van der Waals surface area contributed by atoms with Gasteiger partial charge in [-0.1, -0.05) is 13.8 Å². The number of nitrogens with zero attached hydrogens (tertiary/aromatic N) is 3. The highest BCUT2D eigenvalue weighted by molar-refractivity contribution is 5.79. The van der Waals surface area contributed by atoms with E-state index in [0.29, 0.717) is 17.5 Å². The van der Waals surface area contributed by atoms with Crippen LogP contribution in [-0.4, -0.2) is 41.6 Å². The van der Waals surface area contributed by atoms with Gasteiger partial charge in [0.25, 0.3) is 0 Å². The normalized spacial score (nSPS) is 11.8. The molecule has 0 saturated carbocycles. The number of furan rings is 1. The number of nitrogens with one attached hydrogen (secondary N) is 1. The fourth-order valence-electron chi connectivity index (χ4n) is 2.78. The van der Waals surface area contributed by atoms with E-state index in [-0.39, 0.29) is 6.61 Å². The summed E-state index contributed by atoms with van der Waals surface area (Å²) in [6.07, 6.45) is 3.73. The Hall–Kier alpha value is -2.54. The van der Waals surface area contributed by atoms with Crippen LogP contribution in [0.25, 0.3) is 0 Å². The lowest BCUT2D eigenvalue weighted by molar-refractivity contribution is 0.0268. The van der Waals surface area contributed by atoms with Crippen LogP contribution in [0.3, 0.4) is 0 Å². The second-order valence-corrected chi connectivity index (χ2v) is 7.90. The summed E-state index contributed by atoms with van der Waals surface area (Å²) in [5, 5.41) is 14.2. The third-order valence-electron chi connectivity index (χ3n) is 4.27. The fourth-order valence-corrected chi connectivity index (χ4v) is 2.78. The third kappa shape index (κ3) is 7.42.